The van der Waals surface area contributed by atoms with Gasteiger partial charge >= 0.3 is 0 Å². The van der Waals surface area contributed by atoms with Crippen molar-refractivity contribution >= 4 is 29.6 Å². The van der Waals surface area contributed by atoms with E-state index < -0.39 is 0 Å². The standard InChI is InChI=1S/C11H12N2S/c14-8-4-3-7-11-9-5-1-2-6-10(9)12-13-11/h1-3,5-7,14H,4,8H2,(H,12,13). The zero-order valence-electron chi connectivity index (χ0n) is 7.77. The maximum Gasteiger partial charge on any atom is 0.0927 e. The highest BCUT2D eigenvalue weighted by molar-refractivity contribution is 7.80. The van der Waals surface area contributed by atoms with Crippen molar-refractivity contribution in [2.75, 3.05) is 5.75 Å². The van der Waals surface area contributed by atoms with Crippen molar-refractivity contribution in [3.8, 4) is 0 Å². The summed E-state index contributed by atoms with van der Waals surface area (Å²) in [7, 11) is 0. The lowest BCUT2D eigenvalue weighted by atomic mass is 10.2. The number of para-hydroxylation sites is 1. The van der Waals surface area contributed by atoms with Gasteiger partial charge in [0.2, 0.25) is 0 Å². The van der Waals surface area contributed by atoms with Crippen LogP contribution in [0.25, 0.3) is 17.0 Å². The lowest BCUT2D eigenvalue weighted by molar-refractivity contribution is 1.10. The van der Waals surface area contributed by atoms with Gasteiger partial charge in [0.25, 0.3) is 0 Å². The minimum absolute atomic E-state index is 0.878. The highest BCUT2D eigenvalue weighted by Crippen LogP contribution is 2.16. The molecule has 0 bridgehead atoms. The molecular formula is C11H12N2S. The fourth-order valence-electron chi connectivity index (χ4n) is 1.38. The van der Waals surface area contributed by atoms with Crippen molar-refractivity contribution in [3.63, 3.8) is 0 Å². The molecule has 2 nitrogen and oxygen atoms in total. The molecule has 0 aliphatic carbocycles. The number of hydrogen-bond acceptors (Lipinski definition) is 2. The zero-order valence-corrected chi connectivity index (χ0v) is 8.67. The Hall–Kier alpha value is -1.22. The summed E-state index contributed by atoms with van der Waals surface area (Å²) in [4.78, 5) is 0. The van der Waals surface area contributed by atoms with Gasteiger partial charge in [0.05, 0.1) is 11.2 Å². The van der Waals surface area contributed by atoms with E-state index in [-0.39, 0.29) is 0 Å². The molecule has 1 heterocycles. The van der Waals surface area contributed by atoms with Crippen LogP contribution in [0.15, 0.2) is 30.3 Å². The molecule has 0 spiro atoms. The van der Waals surface area contributed by atoms with Gasteiger partial charge in [-0.25, -0.2) is 0 Å². The van der Waals surface area contributed by atoms with Crippen LogP contribution < -0.4 is 0 Å². The molecule has 0 saturated carbocycles. The van der Waals surface area contributed by atoms with E-state index in [0.717, 1.165) is 23.4 Å². The summed E-state index contributed by atoms with van der Waals surface area (Å²) in [6.07, 6.45) is 5.15. The smallest absolute Gasteiger partial charge is 0.0927 e. The largest absolute Gasteiger partial charge is 0.277 e. The Balaban J connectivity index is 2.34. The van der Waals surface area contributed by atoms with E-state index in [1.54, 1.807) is 0 Å². The highest BCUT2D eigenvalue weighted by Gasteiger charge is 1.99. The molecule has 1 aromatic carbocycles. The van der Waals surface area contributed by atoms with Gasteiger partial charge in [-0.3, -0.25) is 5.10 Å². The third-order valence-corrected chi connectivity index (χ3v) is 2.33. The van der Waals surface area contributed by atoms with E-state index in [2.05, 4.69) is 41.0 Å². The van der Waals surface area contributed by atoms with Crippen LogP contribution in [-0.4, -0.2) is 16.0 Å². The average molecular weight is 204 g/mol. The molecule has 0 aliphatic rings. The number of benzene rings is 1. The Morgan fingerprint density at radius 2 is 2.21 bits per heavy atom. The molecule has 0 amide bonds. The van der Waals surface area contributed by atoms with Gasteiger partial charge in [0.1, 0.15) is 0 Å². The van der Waals surface area contributed by atoms with Gasteiger partial charge in [0.15, 0.2) is 0 Å². The zero-order chi connectivity index (χ0) is 9.80. The van der Waals surface area contributed by atoms with Crippen LogP contribution in [0.3, 0.4) is 0 Å². The van der Waals surface area contributed by atoms with Crippen molar-refractivity contribution in [1.82, 2.24) is 10.2 Å². The van der Waals surface area contributed by atoms with Crippen LogP contribution >= 0.6 is 12.6 Å². The molecule has 0 aliphatic heterocycles. The van der Waals surface area contributed by atoms with E-state index in [4.69, 9.17) is 0 Å². The molecule has 3 heteroatoms. The summed E-state index contributed by atoms with van der Waals surface area (Å²) < 4.78 is 0. The van der Waals surface area contributed by atoms with Gasteiger partial charge in [-0.05, 0) is 24.3 Å². The number of hydrogen-bond donors (Lipinski definition) is 2. The van der Waals surface area contributed by atoms with E-state index in [0.29, 0.717) is 0 Å². The van der Waals surface area contributed by atoms with Crippen LogP contribution in [0.4, 0.5) is 0 Å². The minimum atomic E-state index is 0.878. The first-order chi connectivity index (χ1) is 6.92. The van der Waals surface area contributed by atoms with Crippen LogP contribution in [0.5, 0.6) is 0 Å². The fraction of sp³-hybridized carbons (Fsp3) is 0.182. The summed E-state index contributed by atoms with van der Waals surface area (Å²) >= 11 is 4.15. The predicted octanol–water partition coefficient (Wildman–Crippen LogP) is 2.90. The lowest BCUT2D eigenvalue weighted by Crippen LogP contribution is -1.73. The molecule has 0 saturated heterocycles. The average Bonchev–Trinajstić information content (AvgIpc) is 2.63. The normalized spacial score (nSPS) is 11.5. The molecule has 0 radical (unpaired) electrons. The Labute approximate surface area is 88.4 Å². The van der Waals surface area contributed by atoms with E-state index in [1.165, 1.54) is 5.39 Å². The van der Waals surface area contributed by atoms with Crippen molar-refractivity contribution < 1.29 is 0 Å². The summed E-state index contributed by atoms with van der Waals surface area (Å²) in [6.45, 7) is 0. The first-order valence-corrected chi connectivity index (χ1v) is 5.25. The molecule has 14 heavy (non-hydrogen) atoms. The number of rotatable bonds is 3. The van der Waals surface area contributed by atoms with Crippen LogP contribution in [0.1, 0.15) is 12.1 Å². The van der Waals surface area contributed by atoms with E-state index >= 15 is 0 Å². The Morgan fingerprint density at radius 1 is 1.36 bits per heavy atom. The summed E-state index contributed by atoms with van der Waals surface area (Å²) in [5, 5.41) is 8.38. The van der Waals surface area contributed by atoms with Gasteiger partial charge in [0, 0.05) is 5.39 Å². The summed E-state index contributed by atoms with van der Waals surface area (Å²) in [5.41, 5.74) is 2.08. The summed E-state index contributed by atoms with van der Waals surface area (Å²) in [6, 6.07) is 8.08. The third kappa shape index (κ3) is 1.82. The Morgan fingerprint density at radius 3 is 3.07 bits per heavy atom. The minimum Gasteiger partial charge on any atom is -0.277 e. The van der Waals surface area contributed by atoms with E-state index in [1.807, 2.05) is 18.2 Å². The molecule has 1 aromatic heterocycles. The third-order valence-electron chi connectivity index (χ3n) is 2.07. The molecule has 2 rings (SSSR count). The van der Waals surface area contributed by atoms with Crippen molar-refractivity contribution in [2.45, 2.75) is 6.42 Å². The second kappa shape index (κ2) is 4.33. The first-order valence-electron chi connectivity index (χ1n) is 4.62. The number of fused-ring (bicyclic) bond motifs is 1. The van der Waals surface area contributed by atoms with Gasteiger partial charge in [-0.15, -0.1) is 0 Å². The number of aromatic nitrogens is 2. The molecule has 2 aromatic rings. The quantitative estimate of drug-likeness (QED) is 0.739. The molecule has 1 N–H and O–H groups in total. The molecule has 0 atom stereocenters. The summed E-state index contributed by atoms with van der Waals surface area (Å²) in [5.74, 6) is 0.878. The second-order valence-corrected chi connectivity index (χ2v) is 3.52. The number of nitrogens with zero attached hydrogens (tertiary/aromatic N) is 1. The molecule has 72 valence electrons. The van der Waals surface area contributed by atoms with Crippen LogP contribution in [0, 0.1) is 0 Å². The number of allylic oxidation sites excluding steroid dienone is 1. The highest BCUT2D eigenvalue weighted by atomic mass is 32.1. The fourth-order valence-corrected chi connectivity index (χ4v) is 1.53. The SMILES string of the molecule is SCCC=Cc1[nH]nc2ccccc12. The van der Waals surface area contributed by atoms with Crippen molar-refractivity contribution in [3.05, 3.63) is 36.0 Å². The second-order valence-electron chi connectivity index (χ2n) is 3.07. The van der Waals surface area contributed by atoms with Gasteiger partial charge in [-0.2, -0.15) is 17.7 Å². The lowest BCUT2D eigenvalue weighted by Gasteiger charge is -1.88. The molecule has 0 fully saturated rings. The van der Waals surface area contributed by atoms with Crippen LogP contribution in [0.2, 0.25) is 0 Å². The predicted molar refractivity (Wildman–Crippen MR) is 63.6 cm³/mol. The van der Waals surface area contributed by atoms with Crippen LogP contribution in [-0.2, 0) is 0 Å². The van der Waals surface area contributed by atoms with Crippen molar-refractivity contribution in [2.24, 2.45) is 0 Å². The first kappa shape index (κ1) is 9.34. The maximum atomic E-state index is 4.20. The number of H-pyrrole nitrogens is 1. The maximum absolute atomic E-state index is 4.20. The van der Waals surface area contributed by atoms with Crippen molar-refractivity contribution in [1.29, 1.82) is 0 Å². The number of aromatic amines is 1. The van der Waals surface area contributed by atoms with Gasteiger partial charge in [-0.1, -0.05) is 24.3 Å². The monoisotopic (exact) mass is 204 g/mol. The topological polar surface area (TPSA) is 28.7 Å². The number of nitrogens with one attached hydrogen (secondary N) is 1. The molecule has 0 unspecified atom stereocenters. The van der Waals surface area contributed by atoms with E-state index in [9.17, 15) is 0 Å². The molecular weight excluding hydrogens is 192 g/mol. The number of thiol groups is 1. The van der Waals surface area contributed by atoms with Gasteiger partial charge < -0.3 is 0 Å². The Bertz CT molecular complexity index is 445. The Kier molecular flexibility index (Phi) is 2.89.